The van der Waals surface area contributed by atoms with Crippen molar-refractivity contribution in [3.8, 4) is 0 Å². The van der Waals surface area contributed by atoms with E-state index >= 15 is 0 Å². The molecule has 2 amide bonds. The third-order valence-corrected chi connectivity index (χ3v) is 2.17. The van der Waals surface area contributed by atoms with Gasteiger partial charge in [0.25, 0.3) is 0 Å². The van der Waals surface area contributed by atoms with Crippen LogP contribution in [0.3, 0.4) is 0 Å². The molecule has 0 radical (unpaired) electrons. The lowest BCUT2D eigenvalue weighted by atomic mass is 10.0. The van der Waals surface area contributed by atoms with Crippen molar-refractivity contribution in [2.75, 3.05) is 6.54 Å². The van der Waals surface area contributed by atoms with Crippen molar-refractivity contribution >= 4 is 6.03 Å². The summed E-state index contributed by atoms with van der Waals surface area (Å²) in [5, 5.41) is 2.86. The fourth-order valence-electron chi connectivity index (χ4n) is 0.871. The van der Waals surface area contributed by atoms with Crippen LogP contribution in [0.15, 0.2) is 0 Å². The molecule has 2 N–H and O–H groups in total. The minimum atomic E-state index is -5.64. The molecule has 108 valence electrons. The van der Waals surface area contributed by atoms with Gasteiger partial charge in [-0.2, -0.15) is 26.3 Å². The van der Waals surface area contributed by atoms with Crippen molar-refractivity contribution in [2.24, 2.45) is 5.92 Å². The summed E-state index contributed by atoms with van der Waals surface area (Å²) in [6.07, 6.45) is -11.3. The van der Waals surface area contributed by atoms with Crippen LogP contribution < -0.4 is 10.6 Å². The quantitative estimate of drug-likeness (QED) is 0.767. The maximum absolute atomic E-state index is 12.4. The topological polar surface area (TPSA) is 41.1 Å². The fraction of sp³-hybridized carbons (Fsp3) is 0.889. The average molecular weight is 280 g/mol. The molecule has 0 saturated carbocycles. The summed E-state index contributed by atoms with van der Waals surface area (Å²) < 4.78 is 74.4. The van der Waals surface area contributed by atoms with Gasteiger partial charge in [-0.25, -0.2) is 4.79 Å². The van der Waals surface area contributed by atoms with E-state index in [1.165, 1.54) is 0 Å². The summed E-state index contributed by atoms with van der Waals surface area (Å²) in [5.74, 6) is -0.0984. The predicted molar refractivity (Wildman–Crippen MR) is 51.9 cm³/mol. The first-order valence-electron chi connectivity index (χ1n) is 5.00. The Labute approximate surface area is 99.9 Å². The van der Waals surface area contributed by atoms with E-state index in [4.69, 9.17) is 0 Å². The molecule has 0 saturated heterocycles. The van der Waals surface area contributed by atoms with E-state index in [1.807, 2.05) is 5.32 Å². The van der Waals surface area contributed by atoms with Crippen molar-refractivity contribution in [1.29, 1.82) is 0 Å². The van der Waals surface area contributed by atoms with Crippen molar-refractivity contribution < 1.29 is 31.1 Å². The largest absolute Gasteiger partial charge is 0.420 e. The lowest BCUT2D eigenvalue weighted by Gasteiger charge is -2.34. The van der Waals surface area contributed by atoms with Gasteiger partial charge in [0.05, 0.1) is 0 Å². The fourth-order valence-corrected chi connectivity index (χ4v) is 0.871. The molecular weight excluding hydrogens is 266 g/mol. The van der Waals surface area contributed by atoms with Crippen LogP contribution in [0.5, 0.6) is 0 Å². The molecule has 0 aromatic carbocycles. The second-order valence-electron chi connectivity index (χ2n) is 4.35. The first kappa shape index (κ1) is 16.9. The Morgan fingerprint density at radius 3 is 1.72 bits per heavy atom. The Hall–Kier alpha value is -1.15. The van der Waals surface area contributed by atoms with E-state index in [1.54, 1.807) is 13.8 Å². The highest BCUT2D eigenvalue weighted by Gasteiger charge is 2.68. The predicted octanol–water partition coefficient (Wildman–Crippen LogP) is 2.82. The van der Waals surface area contributed by atoms with Crippen LogP contribution in [0.4, 0.5) is 31.1 Å². The van der Waals surface area contributed by atoms with Gasteiger partial charge in [-0.05, 0) is 12.8 Å². The highest BCUT2D eigenvalue weighted by atomic mass is 19.4. The second kappa shape index (κ2) is 5.23. The normalized spacial score (nSPS) is 13.7. The Balaban J connectivity index is 4.90. The number of nitrogens with one attached hydrogen (secondary N) is 2. The lowest BCUT2D eigenvalue weighted by molar-refractivity contribution is -0.297. The molecule has 18 heavy (non-hydrogen) atoms. The number of carbonyl (C=O) groups is 1. The van der Waals surface area contributed by atoms with Gasteiger partial charge in [0, 0.05) is 6.54 Å². The summed E-state index contributed by atoms with van der Waals surface area (Å²) in [5.41, 5.74) is -4.28. The number of rotatable bonds is 3. The second-order valence-corrected chi connectivity index (χ2v) is 4.35. The number of amides is 2. The van der Waals surface area contributed by atoms with Crippen LogP contribution in [0, 0.1) is 5.92 Å². The first-order chi connectivity index (χ1) is 7.81. The SMILES string of the molecule is CC(C)CNC(=O)NC(C)(C(F)(F)F)C(F)(F)F. The zero-order valence-electron chi connectivity index (χ0n) is 9.96. The molecular formula is C9H14F6N2O. The van der Waals surface area contributed by atoms with Crippen LogP contribution in [0.1, 0.15) is 20.8 Å². The minimum Gasteiger partial charge on any atom is -0.338 e. The van der Waals surface area contributed by atoms with Crippen molar-refractivity contribution in [3.05, 3.63) is 0 Å². The molecule has 0 aromatic rings. The summed E-state index contributed by atoms with van der Waals surface area (Å²) >= 11 is 0. The van der Waals surface area contributed by atoms with E-state index in [9.17, 15) is 31.1 Å². The maximum Gasteiger partial charge on any atom is 0.420 e. The number of hydrogen-bond donors (Lipinski definition) is 2. The van der Waals surface area contributed by atoms with Gasteiger partial charge < -0.3 is 10.6 Å². The zero-order valence-corrected chi connectivity index (χ0v) is 9.96. The Bertz CT molecular complexity index is 282. The molecule has 0 aliphatic heterocycles. The molecule has 0 atom stereocenters. The molecule has 0 spiro atoms. The van der Waals surface area contributed by atoms with Gasteiger partial charge in [-0.15, -0.1) is 0 Å². The number of urea groups is 1. The molecule has 0 aromatic heterocycles. The van der Waals surface area contributed by atoms with Crippen LogP contribution in [-0.2, 0) is 0 Å². The van der Waals surface area contributed by atoms with E-state index in [2.05, 4.69) is 0 Å². The molecule has 3 nitrogen and oxygen atoms in total. The Morgan fingerprint density at radius 1 is 1.06 bits per heavy atom. The molecule has 0 heterocycles. The number of hydrogen-bond acceptors (Lipinski definition) is 1. The van der Waals surface area contributed by atoms with Crippen LogP contribution in [0.25, 0.3) is 0 Å². The average Bonchev–Trinajstić information content (AvgIpc) is 2.10. The Kier molecular flexibility index (Phi) is 4.90. The van der Waals surface area contributed by atoms with Crippen LogP contribution in [0.2, 0.25) is 0 Å². The van der Waals surface area contributed by atoms with E-state index in [0.717, 1.165) is 5.32 Å². The van der Waals surface area contributed by atoms with Crippen molar-refractivity contribution in [3.63, 3.8) is 0 Å². The smallest absolute Gasteiger partial charge is 0.338 e. The van der Waals surface area contributed by atoms with E-state index < -0.39 is 23.9 Å². The number of carbonyl (C=O) groups excluding carboxylic acids is 1. The molecule has 0 fully saturated rings. The van der Waals surface area contributed by atoms with Crippen molar-refractivity contribution in [1.82, 2.24) is 10.6 Å². The molecule has 0 bridgehead atoms. The Morgan fingerprint density at radius 2 is 1.44 bits per heavy atom. The standard InChI is InChI=1S/C9H14F6N2O/c1-5(2)4-16-6(18)17-7(3,8(10,11)12)9(13,14)15/h5H,4H2,1-3H3,(H2,16,17,18). The van der Waals surface area contributed by atoms with Gasteiger partial charge >= 0.3 is 18.4 Å². The molecule has 0 aliphatic rings. The summed E-state index contributed by atoms with van der Waals surface area (Å²) in [4.78, 5) is 11.0. The highest BCUT2D eigenvalue weighted by Crippen LogP contribution is 2.42. The lowest BCUT2D eigenvalue weighted by Crippen LogP contribution is -2.67. The number of alkyl halides is 6. The monoisotopic (exact) mass is 280 g/mol. The maximum atomic E-state index is 12.4. The van der Waals surface area contributed by atoms with Crippen LogP contribution in [-0.4, -0.2) is 30.5 Å². The third kappa shape index (κ3) is 3.95. The van der Waals surface area contributed by atoms with Gasteiger partial charge in [0.1, 0.15) is 0 Å². The molecule has 0 rings (SSSR count). The van der Waals surface area contributed by atoms with Crippen molar-refractivity contribution in [2.45, 2.75) is 38.7 Å². The summed E-state index contributed by atoms with van der Waals surface area (Å²) in [6.45, 7) is 3.14. The highest BCUT2D eigenvalue weighted by molar-refractivity contribution is 5.75. The van der Waals surface area contributed by atoms with Crippen LogP contribution >= 0.6 is 0 Å². The molecule has 0 unspecified atom stereocenters. The van der Waals surface area contributed by atoms with E-state index in [0.29, 0.717) is 0 Å². The van der Waals surface area contributed by atoms with E-state index in [-0.39, 0.29) is 19.4 Å². The molecule has 9 heteroatoms. The third-order valence-electron chi connectivity index (χ3n) is 2.17. The first-order valence-corrected chi connectivity index (χ1v) is 5.00. The van der Waals surface area contributed by atoms with Gasteiger partial charge in [-0.3, -0.25) is 0 Å². The zero-order chi connectivity index (χ0) is 14.8. The number of halogens is 6. The van der Waals surface area contributed by atoms with Gasteiger partial charge in [0.15, 0.2) is 0 Å². The summed E-state index contributed by atoms with van der Waals surface area (Å²) in [7, 11) is 0. The minimum absolute atomic E-state index is 0.0301. The summed E-state index contributed by atoms with van der Waals surface area (Å²) in [6, 6.07) is -1.51. The van der Waals surface area contributed by atoms with Gasteiger partial charge in [-0.1, -0.05) is 13.8 Å². The van der Waals surface area contributed by atoms with Gasteiger partial charge in [0.2, 0.25) is 5.54 Å². The molecule has 0 aliphatic carbocycles.